The number of nitrogens with zero attached hydrogens (tertiary/aromatic N) is 2. The van der Waals surface area contributed by atoms with E-state index in [1.807, 2.05) is 0 Å². The zero-order valence-electron chi connectivity index (χ0n) is 16.1. The molecule has 154 valence electrons. The van der Waals surface area contributed by atoms with E-state index in [0.717, 1.165) is 6.07 Å². The SMILES string of the molecule is COc1cc(-c2cccc(-c3ccn4c(=O)c(C=O)cnc4c3)c2Cl)c(F)cc1C=O. The van der Waals surface area contributed by atoms with Gasteiger partial charge in [0.15, 0.2) is 12.6 Å². The molecule has 0 aliphatic heterocycles. The van der Waals surface area contributed by atoms with Gasteiger partial charge in [0.05, 0.1) is 23.3 Å². The molecule has 2 heterocycles. The van der Waals surface area contributed by atoms with Crippen molar-refractivity contribution in [2.24, 2.45) is 0 Å². The van der Waals surface area contributed by atoms with Gasteiger partial charge in [-0.15, -0.1) is 0 Å². The third-order valence-electron chi connectivity index (χ3n) is 4.91. The van der Waals surface area contributed by atoms with Gasteiger partial charge < -0.3 is 4.74 Å². The number of carbonyl (C=O) groups is 2. The van der Waals surface area contributed by atoms with Crippen LogP contribution in [0.1, 0.15) is 20.7 Å². The average Bonchev–Trinajstić information content (AvgIpc) is 2.79. The third-order valence-corrected chi connectivity index (χ3v) is 5.32. The highest BCUT2D eigenvalue weighted by molar-refractivity contribution is 6.36. The minimum absolute atomic E-state index is 0.0477. The minimum atomic E-state index is -0.616. The first kappa shape index (κ1) is 20.4. The van der Waals surface area contributed by atoms with E-state index in [0.29, 0.717) is 34.9 Å². The summed E-state index contributed by atoms with van der Waals surface area (Å²) in [4.78, 5) is 38.5. The van der Waals surface area contributed by atoms with E-state index in [-0.39, 0.29) is 27.5 Å². The Morgan fingerprint density at radius 3 is 2.48 bits per heavy atom. The van der Waals surface area contributed by atoms with Crippen LogP contribution in [0.15, 0.2) is 59.7 Å². The number of halogens is 2. The van der Waals surface area contributed by atoms with Crippen molar-refractivity contribution in [3.05, 3.63) is 87.2 Å². The zero-order chi connectivity index (χ0) is 22.1. The molecule has 2 aromatic heterocycles. The van der Waals surface area contributed by atoms with Crippen molar-refractivity contribution in [1.82, 2.24) is 9.38 Å². The molecule has 0 fully saturated rings. The van der Waals surface area contributed by atoms with Crippen LogP contribution in [0.25, 0.3) is 27.9 Å². The normalized spacial score (nSPS) is 10.8. The molecule has 0 atom stereocenters. The van der Waals surface area contributed by atoms with Gasteiger partial charge in [-0.25, -0.2) is 9.37 Å². The van der Waals surface area contributed by atoms with E-state index in [1.54, 1.807) is 30.3 Å². The molecule has 0 N–H and O–H groups in total. The van der Waals surface area contributed by atoms with Gasteiger partial charge in [0.2, 0.25) is 0 Å². The van der Waals surface area contributed by atoms with Gasteiger partial charge in [0.25, 0.3) is 5.56 Å². The molecule has 0 bridgehead atoms. The number of ether oxygens (including phenoxy) is 1. The van der Waals surface area contributed by atoms with Crippen LogP contribution in [0, 0.1) is 5.82 Å². The van der Waals surface area contributed by atoms with Crippen molar-refractivity contribution in [3.63, 3.8) is 0 Å². The van der Waals surface area contributed by atoms with Crippen LogP contribution in [0.5, 0.6) is 5.75 Å². The van der Waals surface area contributed by atoms with Gasteiger partial charge in [-0.3, -0.25) is 18.8 Å². The lowest BCUT2D eigenvalue weighted by molar-refractivity contribution is 0.111. The lowest BCUT2D eigenvalue weighted by Crippen LogP contribution is -2.18. The number of methoxy groups -OCH3 is 1. The lowest BCUT2D eigenvalue weighted by Gasteiger charge is -2.13. The van der Waals surface area contributed by atoms with Crippen LogP contribution in [0.2, 0.25) is 5.02 Å². The molecular weight excluding hydrogens is 423 g/mol. The number of benzene rings is 2. The van der Waals surface area contributed by atoms with Crippen molar-refractivity contribution in [2.75, 3.05) is 7.11 Å². The molecule has 0 aliphatic carbocycles. The van der Waals surface area contributed by atoms with E-state index in [2.05, 4.69) is 4.98 Å². The Bertz CT molecular complexity index is 1420. The summed E-state index contributed by atoms with van der Waals surface area (Å²) in [7, 11) is 1.39. The maximum atomic E-state index is 14.7. The standard InChI is InChI=1S/C23H14ClFN2O4/c1-31-20-9-18(19(25)7-14(20)11-28)17-4-2-3-16(22(17)24)13-5-6-27-21(8-13)26-10-15(12-29)23(27)30/h2-12H,1H3. The van der Waals surface area contributed by atoms with Gasteiger partial charge in [0, 0.05) is 29.1 Å². The summed E-state index contributed by atoms with van der Waals surface area (Å²) in [5, 5.41) is 0.276. The molecule has 0 radical (unpaired) electrons. The van der Waals surface area contributed by atoms with E-state index in [1.165, 1.54) is 30.0 Å². The number of rotatable bonds is 5. The van der Waals surface area contributed by atoms with Crippen molar-refractivity contribution >= 4 is 29.8 Å². The minimum Gasteiger partial charge on any atom is -0.496 e. The zero-order valence-corrected chi connectivity index (χ0v) is 16.9. The van der Waals surface area contributed by atoms with Gasteiger partial charge in [-0.1, -0.05) is 29.8 Å². The Labute approximate surface area is 180 Å². The van der Waals surface area contributed by atoms with Crippen molar-refractivity contribution in [1.29, 1.82) is 0 Å². The number of pyridine rings is 1. The molecule has 2 aromatic carbocycles. The maximum absolute atomic E-state index is 14.7. The summed E-state index contributed by atoms with van der Waals surface area (Å²) in [6.07, 6.45) is 3.68. The molecule has 4 aromatic rings. The first-order chi connectivity index (χ1) is 15.0. The fourth-order valence-corrected chi connectivity index (χ4v) is 3.68. The van der Waals surface area contributed by atoms with Crippen LogP contribution in [-0.2, 0) is 0 Å². The monoisotopic (exact) mass is 436 g/mol. The second-order valence-corrected chi connectivity index (χ2v) is 7.02. The molecule has 8 heteroatoms. The highest BCUT2D eigenvalue weighted by atomic mass is 35.5. The molecule has 0 spiro atoms. The molecule has 0 amide bonds. The first-order valence-electron chi connectivity index (χ1n) is 9.07. The van der Waals surface area contributed by atoms with Crippen LogP contribution < -0.4 is 10.3 Å². The summed E-state index contributed by atoms with van der Waals surface area (Å²) in [5.41, 5.74) is 1.73. The highest BCUT2D eigenvalue weighted by Gasteiger charge is 2.17. The molecule has 0 unspecified atom stereocenters. The number of hydrogen-bond donors (Lipinski definition) is 0. The molecule has 0 saturated carbocycles. The predicted molar refractivity (Wildman–Crippen MR) is 115 cm³/mol. The Morgan fingerprint density at radius 1 is 1.03 bits per heavy atom. The summed E-state index contributed by atoms with van der Waals surface area (Å²) in [5.74, 6) is -0.386. The second kappa shape index (κ2) is 8.12. The van der Waals surface area contributed by atoms with Gasteiger partial charge in [0.1, 0.15) is 17.2 Å². The largest absolute Gasteiger partial charge is 0.496 e. The van der Waals surface area contributed by atoms with Crippen molar-refractivity contribution in [2.45, 2.75) is 0 Å². The number of fused-ring (bicyclic) bond motifs is 1. The van der Waals surface area contributed by atoms with Gasteiger partial charge >= 0.3 is 0 Å². The van der Waals surface area contributed by atoms with Crippen LogP contribution in [0.3, 0.4) is 0 Å². The molecule has 6 nitrogen and oxygen atoms in total. The fourth-order valence-electron chi connectivity index (χ4n) is 3.34. The quantitative estimate of drug-likeness (QED) is 0.432. The van der Waals surface area contributed by atoms with Gasteiger partial charge in [-0.05, 0) is 29.8 Å². The first-order valence-corrected chi connectivity index (χ1v) is 9.45. The van der Waals surface area contributed by atoms with E-state index < -0.39 is 11.4 Å². The third kappa shape index (κ3) is 3.49. The Hall–Kier alpha value is -3.84. The molecular formula is C23H14ClFN2O4. The molecule has 31 heavy (non-hydrogen) atoms. The lowest BCUT2D eigenvalue weighted by atomic mass is 9.97. The predicted octanol–water partition coefficient (Wildman–Crippen LogP) is 4.45. The average molecular weight is 437 g/mol. The molecule has 4 rings (SSSR count). The Kier molecular flexibility index (Phi) is 5.35. The van der Waals surface area contributed by atoms with Crippen molar-refractivity contribution < 1.29 is 18.7 Å². The number of aldehydes is 2. The Morgan fingerprint density at radius 2 is 1.77 bits per heavy atom. The summed E-state index contributed by atoms with van der Waals surface area (Å²) in [6.45, 7) is 0. The van der Waals surface area contributed by atoms with E-state index in [4.69, 9.17) is 16.3 Å². The van der Waals surface area contributed by atoms with Crippen molar-refractivity contribution in [3.8, 4) is 28.0 Å². The second-order valence-electron chi connectivity index (χ2n) is 6.64. The summed E-state index contributed by atoms with van der Waals surface area (Å²) >= 11 is 6.64. The number of carbonyl (C=O) groups excluding carboxylic acids is 2. The van der Waals surface area contributed by atoms with Crippen LogP contribution in [0.4, 0.5) is 4.39 Å². The molecule has 0 aliphatic rings. The number of aromatic nitrogens is 2. The van der Waals surface area contributed by atoms with Gasteiger partial charge in [-0.2, -0.15) is 0 Å². The number of hydrogen-bond acceptors (Lipinski definition) is 5. The molecule has 0 saturated heterocycles. The summed E-state index contributed by atoms with van der Waals surface area (Å²) < 4.78 is 21.2. The van der Waals surface area contributed by atoms with Crippen LogP contribution >= 0.6 is 11.6 Å². The summed E-state index contributed by atoms with van der Waals surface area (Å²) in [6, 6.07) is 11.0. The Balaban J connectivity index is 1.88. The maximum Gasteiger partial charge on any atom is 0.268 e. The highest BCUT2D eigenvalue weighted by Crippen LogP contribution is 2.39. The topological polar surface area (TPSA) is 77.7 Å². The van der Waals surface area contributed by atoms with Crippen LogP contribution in [-0.4, -0.2) is 29.1 Å². The smallest absolute Gasteiger partial charge is 0.268 e. The van der Waals surface area contributed by atoms with E-state index in [9.17, 15) is 18.8 Å². The van der Waals surface area contributed by atoms with E-state index >= 15 is 0 Å². The fraction of sp³-hybridized carbons (Fsp3) is 0.0435.